The van der Waals surface area contributed by atoms with Crippen molar-refractivity contribution >= 4 is 27.5 Å². The van der Waals surface area contributed by atoms with Crippen LogP contribution in [0.3, 0.4) is 0 Å². The Balaban J connectivity index is 1.54. The van der Waals surface area contributed by atoms with E-state index in [1.54, 1.807) is 12.1 Å². The lowest BCUT2D eigenvalue weighted by molar-refractivity contribution is -0.138. The molecule has 0 bridgehead atoms. The van der Waals surface area contributed by atoms with Gasteiger partial charge in [-0.3, -0.25) is 4.79 Å². The summed E-state index contributed by atoms with van der Waals surface area (Å²) in [4.78, 5) is 15.7. The topological polar surface area (TPSA) is 57.7 Å². The molecular weight excluding hydrogens is 456 g/mol. The largest absolute Gasteiger partial charge is 0.334 e. The molecule has 7 heteroatoms. The van der Waals surface area contributed by atoms with Gasteiger partial charge in [-0.15, -0.1) is 0 Å². The number of nitrogens with zero attached hydrogens (tertiary/aromatic N) is 2. The second-order valence-electron chi connectivity index (χ2n) is 8.32. The van der Waals surface area contributed by atoms with Crippen LogP contribution in [0.15, 0.2) is 89.8 Å². The molecule has 33 heavy (non-hydrogen) atoms. The van der Waals surface area contributed by atoms with Gasteiger partial charge in [0.15, 0.2) is 0 Å². The van der Waals surface area contributed by atoms with Gasteiger partial charge in [0.1, 0.15) is 0 Å². The van der Waals surface area contributed by atoms with Gasteiger partial charge in [-0.1, -0.05) is 72.3 Å². The zero-order valence-corrected chi connectivity index (χ0v) is 19.9. The molecule has 1 fully saturated rings. The van der Waals surface area contributed by atoms with Crippen LogP contribution in [0.1, 0.15) is 24.0 Å². The van der Waals surface area contributed by atoms with Crippen LogP contribution in [0.2, 0.25) is 5.02 Å². The third-order valence-corrected chi connectivity index (χ3v) is 8.06. The number of rotatable bonds is 7. The number of carbonyl (C=O) groups excluding carboxylic acids is 1. The number of piperidine rings is 1. The molecule has 3 aromatic rings. The lowest BCUT2D eigenvalue weighted by atomic mass is 9.97. The van der Waals surface area contributed by atoms with E-state index in [9.17, 15) is 13.2 Å². The minimum absolute atomic E-state index is 0.0151. The summed E-state index contributed by atoms with van der Waals surface area (Å²) in [7, 11) is -3.68. The lowest BCUT2D eigenvalue weighted by Crippen LogP contribution is -2.46. The minimum atomic E-state index is -3.68. The lowest BCUT2D eigenvalue weighted by Gasteiger charge is -2.34. The summed E-state index contributed by atoms with van der Waals surface area (Å²) in [5.74, 6) is -0.396. The Labute approximate surface area is 200 Å². The van der Waals surface area contributed by atoms with Gasteiger partial charge in [-0.2, -0.15) is 4.31 Å². The number of benzene rings is 3. The maximum Gasteiger partial charge on any atom is 0.243 e. The van der Waals surface area contributed by atoms with Crippen LogP contribution in [0.4, 0.5) is 0 Å². The molecule has 0 aliphatic carbocycles. The highest BCUT2D eigenvalue weighted by Gasteiger charge is 2.35. The molecular formula is C26H27ClN2O3S. The van der Waals surface area contributed by atoms with Crippen LogP contribution in [-0.4, -0.2) is 36.6 Å². The van der Waals surface area contributed by atoms with Crippen molar-refractivity contribution in [3.05, 3.63) is 101 Å². The highest BCUT2D eigenvalue weighted by Crippen LogP contribution is 2.27. The SMILES string of the molecule is O=C([C@@H]1CCCN(S(=O)(=O)c2ccc(Cl)cc2)C1)N(Cc1ccccc1)Cc1ccccc1. The Morgan fingerprint density at radius 3 is 1.97 bits per heavy atom. The molecule has 0 saturated carbocycles. The van der Waals surface area contributed by atoms with Gasteiger partial charge in [0.2, 0.25) is 15.9 Å². The van der Waals surface area contributed by atoms with Gasteiger partial charge in [0.05, 0.1) is 10.8 Å². The number of amides is 1. The molecule has 0 aromatic heterocycles. The van der Waals surface area contributed by atoms with Crippen molar-refractivity contribution in [3.8, 4) is 0 Å². The Kier molecular flexibility index (Phi) is 7.48. The fourth-order valence-electron chi connectivity index (χ4n) is 4.20. The van der Waals surface area contributed by atoms with Gasteiger partial charge in [0.25, 0.3) is 0 Å². The predicted molar refractivity (Wildman–Crippen MR) is 130 cm³/mol. The molecule has 0 radical (unpaired) electrons. The van der Waals surface area contributed by atoms with Crippen molar-refractivity contribution in [2.75, 3.05) is 13.1 Å². The summed E-state index contributed by atoms with van der Waals surface area (Å²) in [6, 6.07) is 25.9. The molecule has 1 saturated heterocycles. The van der Waals surface area contributed by atoms with Crippen molar-refractivity contribution in [2.45, 2.75) is 30.8 Å². The smallest absolute Gasteiger partial charge is 0.243 e. The second-order valence-corrected chi connectivity index (χ2v) is 10.7. The van der Waals surface area contributed by atoms with Crippen molar-refractivity contribution in [2.24, 2.45) is 5.92 Å². The molecule has 172 valence electrons. The molecule has 4 rings (SSSR count). The van der Waals surface area contributed by atoms with E-state index in [2.05, 4.69) is 0 Å². The molecule has 3 aromatic carbocycles. The van der Waals surface area contributed by atoms with E-state index < -0.39 is 10.0 Å². The zero-order chi connectivity index (χ0) is 23.3. The number of sulfonamides is 1. The van der Waals surface area contributed by atoms with Crippen LogP contribution >= 0.6 is 11.6 Å². The average Bonchev–Trinajstić information content (AvgIpc) is 2.85. The first kappa shape index (κ1) is 23.5. The normalized spacial score (nSPS) is 16.9. The van der Waals surface area contributed by atoms with E-state index in [1.165, 1.54) is 16.4 Å². The Bertz CT molecular complexity index is 1130. The monoisotopic (exact) mass is 482 g/mol. The third kappa shape index (κ3) is 5.82. The van der Waals surface area contributed by atoms with Crippen molar-refractivity contribution in [1.29, 1.82) is 0 Å². The molecule has 1 aliphatic heterocycles. The summed E-state index contributed by atoms with van der Waals surface area (Å²) in [5.41, 5.74) is 2.09. The van der Waals surface area contributed by atoms with Crippen molar-refractivity contribution < 1.29 is 13.2 Å². The van der Waals surface area contributed by atoms with Gasteiger partial charge in [-0.25, -0.2) is 8.42 Å². The first-order valence-corrected chi connectivity index (χ1v) is 12.9. The van der Waals surface area contributed by atoms with E-state index in [-0.39, 0.29) is 23.3 Å². The quantitative estimate of drug-likeness (QED) is 0.477. The first-order valence-electron chi connectivity index (χ1n) is 11.1. The summed E-state index contributed by atoms with van der Waals surface area (Å²) in [5, 5.41) is 0.484. The molecule has 1 heterocycles. The van der Waals surface area contributed by atoms with E-state index in [1.807, 2.05) is 65.6 Å². The first-order chi connectivity index (χ1) is 15.9. The van der Waals surface area contributed by atoms with E-state index in [0.717, 1.165) is 11.1 Å². The fourth-order valence-corrected chi connectivity index (χ4v) is 5.85. The van der Waals surface area contributed by atoms with Crippen molar-refractivity contribution in [3.63, 3.8) is 0 Å². The zero-order valence-electron chi connectivity index (χ0n) is 18.3. The van der Waals surface area contributed by atoms with Gasteiger partial charge < -0.3 is 4.90 Å². The minimum Gasteiger partial charge on any atom is -0.334 e. The van der Waals surface area contributed by atoms with Crippen LogP contribution in [0, 0.1) is 5.92 Å². The van der Waals surface area contributed by atoms with Crippen LogP contribution in [-0.2, 0) is 27.9 Å². The van der Waals surface area contributed by atoms with Crippen molar-refractivity contribution in [1.82, 2.24) is 9.21 Å². The number of hydrogen-bond acceptors (Lipinski definition) is 3. The predicted octanol–water partition coefficient (Wildman–Crippen LogP) is 4.97. The molecule has 1 atom stereocenters. The Morgan fingerprint density at radius 1 is 0.879 bits per heavy atom. The Hall–Kier alpha value is -2.67. The second kappa shape index (κ2) is 10.5. The van der Waals surface area contributed by atoms with Crippen LogP contribution in [0.5, 0.6) is 0 Å². The number of halogens is 1. The van der Waals surface area contributed by atoms with Gasteiger partial charge >= 0.3 is 0 Å². The van der Waals surface area contributed by atoms with E-state index in [4.69, 9.17) is 11.6 Å². The number of hydrogen-bond donors (Lipinski definition) is 0. The molecule has 5 nitrogen and oxygen atoms in total. The molecule has 1 aliphatic rings. The third-order valence-electron chi connectivity index (χ3n) is 5.93. The van der Waals surface area contributed by atoms with Crippen LogP contribution in [0.25, 0.3) is 0 Å². The highest BCUT2D eigenvalue weighted by molar-refractivity contribution is 7.89. The molecule has 0 unspecified atom stereocenters. The highest BCUT2D eigenvalue weighted by atomic mass is 35.5. The average molecular weight is 483 g/mol. The van der Waals surface area contributed by atoms with E-state index >= 15 is 0 Å². The molecule has 0 spiro atoms. The summed E-state index contributed by atoms with van der Waals surface area (Å²) >= 11 is 5.92. The summed E-state index contributed by atoms with van der Waals surface area (Å²) in [6.07, 6.45) is 1.32. The standard InChI is InChI=1S/C26H27ClN2O3S/c27-24-13-15-25(16-14-24)33(31,32)29-17-7-12-23(20-29)26(30)28(18-21-8-3-1-4-9-21)19-22-10-5-2-6-11-22/h1-6,8-11,13-16,23H,7,12,17-20H2/t23-/m1/s1. The molecule has 1 amide bonds. The fraction of sp³-hybridized carbons (Fsp3) is 0.269. The summed E-state index contributed by atoms with van der Waals surface area (Å²) in [6.45, 7) is 1.56. The molecule has 0 N–H and O–H groups in total. The van der Waals surface area contributed by atoms with Gasteiger partial charge in [-0.05, 0) is 48.2 Å². The maximum absolute atomic E-state index is 13.6. The van der Waals surface area contributed by atoms with E-state index in [0.29, 0.717) is 37.5 Å². The number of carbonyl (C=O) groups is 1. The maximum atomic E-state index is 13.6. The summed E-state index contributed by atoms with van der Waals surface area (Å²) < 4.78 is 27.8. The van der Waals surface area contributed by atoms with Gasteiger partial charge in [0, 0.05) is 31.2 Å². The Morgan fingerprint density at radius 2 is 1.42 bits per heavy atom. The van der Waals surface area contributed by atoms with Crippen LogP contribution < -0.4 is 0 Å².